The lowest BCUT2D eigenvalue weighted by molar-refractivity contribution is -0.385. The predicted octanol–water partition coefficient (Wildman–Crippen LogP) is 5.41. The van der Waals surface area contributed by atoms with Gasteiger partial charge in [0.15, 0.2) is 4.80 Å². The molecule has 0 unspecified atom stereocenters. The first-order valence-electron chi connectivity index (χ1n) is 12.6. The molecule has 9 nitrogen and oxygen atoms in total. The number of allylic oxidation sites excluding steroid dienone is 1. The number of thiophene rings is 1. The molecule has 11 heteroatoms. The number of nitro benzene ring substituents is 1. The van der Waals surface area contributed by atoms with Crippen molar-refractivity contribution >= 4 is 46.0 Å². The van der Waals surface area contributed by atoms with Crippen LogP contribution < -0.4 is 20.2 Å². The highest BCUT2D eigenvalue weighted by Crippen LogP contribution is 2.34. The first kappa shape index (κ1) is 26.4. The Labute approximate surface area is 241 Å². The maximum Gasteiger partial charge on any atom is 0.273 e. The monoisotopic (exact) mass is 582 g/mol. The minimum atomic E-state index is -0.642. The first-order valence-corrected chi connectivity index (χ1v) is 14.3. The van der Waals surface area contributed by atoms with Gasteiger partial charge in [0.1, 0.15) is 17.6 Å². The molecule has 2 aromatic carbocycles. The third-order valence-electron chi connectivity index (χ3n) is 6.78. The van der Waals surface area contributed by atoms with Crippen LogP contribution in [0.4, 0.5) is 11.4 Å². The van der Waals surface area contributed by atoms with E-state index < -0.39 is 11.0 Å². The smallest absolute Gasteiger partial charge is 0.273 e. The highest BCUT2D eigenvalue weighted by Gasteiger charge is 2.33. The Hall–Kier alpha value is -4.87. The second-order valence-corrected chi connectivity index (χ2v) is 11.3. The Kier molecular flexibility index (Phi) is 6.82. The molecule has 0 saturated carbocycles. The lowest BCUT2D eigenvalue weighted by atomic mass is 10.0. The zero-order valence-corrected chi connectivity index (χ0v) is 23.5. The van der Waals surface area contributed by atoms with Gasteiger partial charge in [-0.25, -0.2) is 4.99 Å². The Morgan fingerprint density at radius 3 is 2.61 bits per heavy atom. The zero-order valence-electron chi connectivity index (χ0n) is 21.9. The molecule has 0 saturated heterocycles. The summed E-state index contributed by atoms with van der Waals surface area (Å²) in [6, 6.07) is 20.5. The Morgan fingerprint density at radius 1 is 1.07 bits per heavy atom. The predicted molar refractivity (Wildman–Crippen MR) is 159 cm³/mol. The van der Waals surface area contributed by atoms with Gasteiger partial charge in [0.2, 0.25) is 0 Å². The number of furan rings is 1. The summed E-state index contributed by atoms with van der Waals surface area (Å²) in [5.41, 5.74) is 2.38. The van der Waals surface area contributed by atoms with Crippen molar-refractivity contribution in [2.24, 2.45) is 4.99 Å². The number of carbonyl (C=O) groups is 1. The van der Waals surface area contributed by atoms with Crippen molar-refractivity contribution in [3.05, 3.63) is 135 Å². The molecule has 0 bridgehead atoms. The third kappa shape index (κ3) is 4.85. The molecular weight excluding hydrogens is 560 g/mol. The van der Waals surface area contributed by atoms with Crippen LogP contribution in [0.3, 0.4) is 0 Å². The van der Waals surface area contributed by atoms with Crippen molar-refractivity contribution in [2.45, 2.75) is 19.9 Å². The Balaban J connectivity index is 1.42. The lowest BCUT2D eigenvalue weighted by Gasteiger charge is -2.24. The third-order valence-corrected chi connectivity index (χ3v) is 8.69. The molecule has 41 heavy (non-hydrogen) atoms. The molecule has 0 spiro atoms. The summed E-state index contributed by atoms with van der Waals surface area (Å²) in [7, 11) is 0. The molecule has 1 aliphatic heterocycles. The van der Waals surface area contributed by atoms with Crippen LogP contribution in [-0.2, 0) is 4.79 Å². The quantitative estimate of drug-likeness (QED) is 0.212. The molecule has 6 rings (SSSR count). The zero-order chi connectivity index (χ0) is 28.7. The topological polar surface area (TPSA) is 120 Å². The fourth-order valence-electron chi connectivity index (χ4n) is 4.84. The van der Waals surface area contributed by atoms with Crippen molar-refractivity contribution in [3.8, 4) is 11.3 Å². The van der Waals surface area contributed by atoms with E-state index in [4.69, 9.17) is 4.42 Å². The van der Waals surface area contributed by atoms with Gasteiger partial charge < -0.3 is 9.73 Å². The maximum absolute atomic E-state index is 13.8. The van der Waals surface area contributed by atoms with E-state index in [1.807, 2.05) is 35.7 Å². The van der Waals surface area contributed by atoms with E-state index in [-0.39, 0.29) is 17.2 Å². The van der Waals surface area contributed by atoms with Gasteiger partial charge in [0.25, 0.3) is 17.2 Å². The number of amides is 1. The number of thiazole rings is 1. The molecular formula is C30H22N4O5S2. The highest BCUT2D eigenvalue weighted by molar-refractivity contribution is 7.10. The standard InChI is InChI=1S/C30H22N4O5S2/c1-17-21(10-6-11-22(17)34(37)38)23-14-13-20(39-23)16-25-29(36)33-27(24-12-7-15-40-24)26(18(2)31-30(33)41-25)28(35)32-19-8-4-3-5-9-19/h3-16,27H,1-2H3,(H,32,35)/b25-16-/t27-/m0/s1. The molecule has 5 aromatic rings. The van der Waals surface area contributed by atoms with Crippen LogP contribution in [0.15, 0.2) is 104 Å². The van der Waals surface area contributed by atoms with Crippen molar-refractivity contribution in [2.75, 3.05) is 5.32 Å². The van der Waals surface area contributed by atoms with Crippen LogP contribution in [0, 0.1) is 17.0 Å². The van der Waals surface area contributed by atoms with Crippen LogP contribution in [0.2, 0.25) is 0 Å². The number of nitrogens with zero attached hydrogens (tertiary/aromatic N) is 3. The number of nitro groups is 1. The summed E-state index contributed by atoms with van der Waals surface area (Å²) in [6.07, 6.45) is 1.63. The minimum Gasteiger partial charge on any atom is -0.457 e. The average Bonchev–Trinajstić information content (AvgIpc) is 3.70. The largest absolute Gasteiger partial charge is 0.457 e. The number of carbonyl (C=O) groups excluding carboxylic acids is 1. The number of rotatable bonds is 6. The normalized spacial score (nSPS) is 15.0. The number of fused-ring (bicyclic) bond motifs is 1. The maximum atomic E-state index is 13.8. The van der Waals surface area contributed by atoms with Crippen LogP contribution in [0.25, 0.3) is 17.4 Å². The minimum absolute atomic E-state index is 0.00446. The number of nitrogens with one attached hydrogen (secondary N) is 1. The molecule has 0 aliphatic carbocycles. The number of para-hydroxylation sites is 1. The van der Waals surface area contributed by atoms with E-state index in [9.17, 15) is 19.7 Å². The first-order chi connectivity index (χ1) is 19.8. The SMILES string of the molecule is CC1=C(C(=O)Nc2ccccc2)[C@H](c2cccs2)n2c(s/c(=C\c3ccc(-c4cccc([N+](=O)[O-])c4C)o3)c2=O)=N1. The molecule has 204 valence electrons. The van der Waals surface area contributed by atoms with E-state index in [1.165, 1.54) is 28.7 Å². The van der Waals surface area contributed by atoms with Gasteiger partial charge in [-0.15, -0.1) is 11.3 Å². The van der Waals surface area contributed by atoms with Gasteiger partial charge in [-0.2, -0.15) is 0 Å². The van der Waals surface area contributed by atoms with Gasteiger partial charge in [-0.3, -0.25) is 24.3 Å². The molecule has 1 amide bonds. The molecule has 3 aromatic heterocycles. The van der Waals surface area contributed by atoms with E-state index in [2.05, 4.69) is 10.3 Å². The van der Waals surface area contributed by atoms with Crippen LogP contribution in [0.1, 0.15) is 29.2 Å². The van der Waals surface area contributed by atoms with Crippen molar-refractivity contribution in [1.29, 1.82) is 0 Å². The van der Waals surface area contributed by atoms with Crippen molar-refractivity contribution < 1.29 is 14.1 Å². The summed E-state index contributed by atoms with van der Waals surface area (Å²) in [5.74, 6) is 0.548. The van der Waals surface area contributed by atoms with Crippen LogP contribution in [0.5, 0.6) is 0 Å². The fourth-order valence-corrected chi connectivity index (χ4v) is 6.69. The molecule has 1 N–H and O–H groups in total. The summed E-state index contributed by atoms with van der Waals surface area (Å²) in [6.45, 7) is 3.45. The van der Waals surface area contributed by atoms with Crippen molar-refractivity contribution in [3.63, 3.8) is 0 Å². The number of anilines is 1. The molecule has 1 aliphatic rings. The van der Waals surface area contributed by atoms with E-state index >= 15 is 0 Å². The fraction of sp³-hybridized carbons (Fsp3) is 0.100. The summed E-state index contributed by atoms with van der Waals surface area (Å²) >= 11 is 2.67. The number of benzene rings is 2. The molecule has 1 atom stereocenters. The lowest BCUT2D eigenvalue weighted by Crippen LogP contribution is -2.40. The molecule has 0 fully saturated rings. The second kappa shape index (κ2) is 10.6. The van der Waals surface area contributed by atoms with Gasteiger partial charge >= 0.3 is 0 Å². The summed E-state index contributed by atoms with van der Waals surface area (Å²) in [5, 5.41) is 16.2. The van der Waals surface area contributed by atoms with Crippen LogP contribution in [-0.4, -0.2) is 15.4 Å². The van der Waals surface area contributed by atoms with Gasteiger partial charge in [0, 0.05) is 33.8 Å². The van der Waals surface area contributed by atoms with E-state index in [0.29, 0.717) is 48.9 Å². The van der Waals surface area contributed by atoms with Crippen molar-refractivity contribution in [1.82, 2.24) is 4.57 Å². The highest BCUT2D eigenvalue weighted by atomic mass is 32.1. The summed E-state index contributed by atoms with van der Waals surface area (Å²) in [4.78, 5) is 44.3. The Bertz CT molecular complexity index is 2020. The van der Waals surface area contributed by atoms with Crippen LogP contribution >= 0.6 is 22.7 Å². The molecule has 0 radical (unpaired) electrons. The second-order valence-electron chi connectivity index (χ2n) is 9.33. The van der Waals surface area contributed by atoms with E-state index in [1.54, 1.807) is 60.9 Å². The number of aromatic nitrogens is 1. The van der Waals surface area contributed by atoms with Gasteiger partial charge in [0.05, 0.1) is 20.7 Å². The number of hydrogen-bond acceptors (Lipinski definition) is 8. The van der Waals surface area contributed by atoms with E-state index in [0.717, 1.165) is 4.88 Å². The van der Waals surface area contributed by atoms with Gasteiger partial charge in [-0.05, 0) is 49.6 Å². The average molecular weight is 583 g/mol. The summed E-state index contributed by atoms with van der Waals surface area (Å²) < 4.78 is 7.95. The Morgan fingerprint density at radius 2 is 1.88 bits per heavy atom. The molecule has 4 heterocycles. The number of hydrogen-bond donors (Lipinski definition) is 1. The van der Waals surface area contributed by atoms with Gasteiger partial charge in [-0.1, -0.05) is 47.7 Å².